The second-order valence-corrected chi connectivity index (χ2v) is 12.0. The lowest BCUT2D eigenvalue weighted by Crippen LogP contribution is -2.39. The molecule has 0 saturated carbocycles. The SMILES string of the molecule is CC(c1c2ccccc2cc2ccccc12)N1CCC(Oc2ccc(C(=O)NCCCN3CCCC3)cc2Cl)CC1. The molecule has 41 heavy (non-hydrogen) atoms. The Morgan fingerprint density at radius 1 is 0.927 bits per heavy atom. The maximum absolute atomic E-state index is 12.6. The average molecular weight is 570 g/mol. The number of benzene rings is 4. The number of ether oxygens (including phenoxy) is 1. The molecule has 2 aliphatic heterocycles. The standard InChI is InChI=1S/C35H40ClN3O2/c1-25(34-30-11-4-2-9-26(30)23-27-10-3-5-12-31(27)34)39-21-15-29(16-22-39)41-33-14-13-28(24-32(33)36)35(40)37-17-8-20-38-18-6-7-19-38/h2-5,9-14,23-25,29H,6-8,15-22H2,1H3,(H,37,40). The molecule has 0 bridgehead atoms. The predicted molar refractivity (Wildman–Crippen MR) is 169 cm³/mol. The van der Waals surface area contributed by atoms with Crippen molar-refractivity contribution in [3.8, 4) is 5.75 Å². The molecular weight excluding hydrogens is 530 g/mol. The maximum Gasteiger partial charge on any atom is 0.251 e. The normalized spacial score (nSPS) is 17.7. The summed E-state index contributed by atoms with van der Waals surface area (Å²) in [6, 6.07) is 25.5. The zero-order chi connectivity index (χ0) is 28.2. The molecule has 2 aliphatic rings. The topological polar surface area (TPSA) is 44.8 Å². The van der Waals surface area contributed by atoms with Crippen LogP contribution in [0, 0.1) is 0 Å². The highest BCUT2D eigenvalue weighted by Gasteiger charge is 2.27. The molecule has 2 heterocycles. The van der Waals surface area contributed by atoms with Gasteiger partial charge in [0.2, 0.25) is 0 Å². The van der Waals surface area contributed by atoms with Gasteiger partial charge in [-0.25, -0.2) is 0 Å². The van der Waals surface area contributed by atoms with Crippen LogP contribution in [-0.4, -0.2) is 61.1 Å². The van der Waals surface area contributed by atoms with E-state index in [4.69, 9.17) is 16.3 Å². The Labute approximate surface area is 248 Å². The summed E-state index contributed by atoms with van der Waals surface area (Å²) in [5.41, 5.74) is 1.99. The number of carbonyl (C=O) groups excluding carboxylic acids is 1. The van der Waals surface area contributed by atoms with Gasteiger partial charge in [-0.05, 0) is 110 Å². The lowest BCUT2D eigenvalue weighted by molar-refractivity contribution is 0.0804. The van der Waals surface area contributed by atoms with E-state index >= 15 is 0 Å². The second-order valence-electron chi connectivity index (χ2n) is 11.6. The van der Waals surface area contributed by atoms with Crippen LogP contribution in [0.1, 0.15) is 61.0 Å². The first kappa shape index (κ1) is 28.0. The number of likely N-dealkylation sites (tertiary alicyclic amines) is 2. The monoisotopic (exact) mass is 569 g/mol. The minimum atomic E-state index is -0.0804. The average Bonchev–Trinajstić information content (AvgIpc) is 3.53. The minimum Gasteiger partial charge on any atom is -0.489 e. The molecule has 5 nitrogen and oxygen atoms in total. The zero-order valence-electron chi connectivity index (χ0n) is 23.9. The van der Waals surface area contributed by atoms with E-state index in [1.807, 2.05) is 12.1 Å². The molecule has 4 aromatic rings. The molecule has 0 radical (unpaired) electrons. The Morgan fingerprint density at radius 2 is 1.59 bits per heavy atom. The van der Waals surface area contributed by atoms with Crippen LogP contribution in [0.3, 0.4) is 0 Å². The number of rotatable bonds is 9. The van der Waals surface area contributed by atoms with Crippen LogP contribution in [0.15, 0.2) is 72.8 Å². The van der Waals surface area contributed by atoms with Crippen LogP contribution in [0.2, 0.25) is 5.02 Å². The lowest BCUT2D eigenvalue weighted by atomic mass is 9.91. The summed E-state index contributed by atoms with van der Waals surface area (Å²) in [5.74, 6) is 0.576. The largest absolute Gasteiger partial charge is 0.489 e. The Morgan fingerprint density at radius 3 is 2.24 bits per heavy atom. The van der Waals surface area contributed by atoms with E-state index in [0.29, 0.717) is 28.9 Å². The highest BCUT2D eigenvalue weighted by atomic mass is 35.5. The van der Waals surface area contributed by atoms with E-state index in [9.17, 15) is 4.79 Å². The highest BCUT2D eigenvalue weighted by Crippen LogP contribution is 2.37. The van der Waals surface area contributed by atoms with Crippen molar-refractivity contribution in [1.29, 1.82) is 0 Å². The fourth-order valence-corrected chi connectivity index (χ4v) is 6.82. The number of nitrogens with zero attached hydrogens (tertiary/aromatic N) is 2. The molecule has 1 N–H and O–H groups in total. The van der Waals surface area contributed by atoms with E-state index < -0.39 is 0 Å². The molecule has 1 unspecified atom stereocenters. The van der Waals surface area contributed by atoms with Crippen molar-refractivity contribution >= 4 is 39.1 Å². The maximum atomic E-state index is 12.6. The van der Waals surface area contributed by atoms with E-state index in [1.54, 1.807) is 6.07 Å². The number of halogens is 1. The molecule has 6 heteroatoms. The van der Waals surface area contributed by atoms with Crippen molar-refractivity contribution in [2.45, 2.75) is 51.2 Å². The Bertz CT molecular complexity index is 1450. The fraction of sp³-hybridized carbons (Fsp3) is 0.400. The van der Waals surface area contributed by atoms with Crippen LogP contribution in [0.25, 0.3) is 21.5 Å². The fourth-order valence-electron chi connectivity index (χ4n) is 6.59. The highest BCUT2D eigenvalue weighted by molar-refractivity contribution is 6.32. The summed E-state index contributed by atoms with van der Waals surface area (Å²) >= 11 is 6.59. The molecule has 0 spiro atoms. The minimum absolute atomic E-state index is 0.0804. The van der Waals surface area contributed by atoms with Crippen LogP contribution in [-0.2, 0) is 0 Å². The molecule has 214 valence electrons. The molecule has 2 saturated heterocycles. The smallest absolute Gasteiger partial charge is 0.251 e. The van der Waals surface area contributed by atoms with Crippen LogP contribution in [0.4, 0.5) is 0 Å². The third-order valence-corrected chi connectivity index (χ3v) is 9.17. The van der Waals surface area contributed by atoms with Gasteiger partial charge >= 0.3 is 0 Å². The summed E-state index contributed by atoms with van der Waals surface area (Å²) in [6.07, 6.45) is 5.52. The third kappa shape index (κ3) is 6.38. The van der Waals surface area contributed by atoms with Gasteiger partial charge in [0.15, 0.2) is 0 Å². The van der Waals surface area contributed by atoms with Crippen molar-refractivity contribution < 1.29 is 9.53 Å². The predicted octanol–water partition coefficient (Wildman–Crippen LogP) is 7.47. The summed E-state index contributed by atoms with van der Waals surface area (Å²) in [7, 11) is 0. The van der Waals surface area contributed by atoms with Crippen molar-refractivity contribution in [2.75, 3.05) is 39.3 Å². The van der Waals surface area contributed by atoms with Gasteiger partial charge in [0.25, 0.3) is 5.91 Å². The first-order chi connectivity index (χ1) is 20.1. The number of carbonyl (C=O) groups is 1. The quantitative estimate of drug-likeness (QED) is 0.168. The Hall–Kier alpha value is -3.12. The number of hydrogen-bond acceptors (Lipinski definition) is 4. The Kier molecular flexibility index (Phi) is 8.75. The van der Waals surface area contributed by atoms with Gasteiger partial charge in [-0.3, -0.25) is 9.69 Å². The van der Waals surface area contributed by atoms with E-state index in [1.165, 1.54) is 53.0 Å². The molecule has 0 aliphatic carbocycles. The van der Waals surface area contributed by atoms with Crippen LogP contribution in [0.5, 0.6) is 5.75 Å². The molecular formula is C35H40ClN3O2. The second kappa shape index (κ2) is 12.8. The summed E-state index contributed by atoms with van der Waals surface area (Å²) in [5, 5.41) is 8.77. The van der Waals surface area contributed by atoms with Gasteiger partial charge in [0, 0.05) is 31.2 Å². The number of hydrogen-bond donors (Lipinski definition) is 1. The van der Waals surface area contributed by atoms with Crippen molar-refractivity contribution in [1.82, 2.24) is 15.1 Å². The zero-order valence-corrected chi connectivity index (χ0v) is 24.7. The van der Waals surface area contributed by atoms with E-state index in [2.05, 4.69) is 76.6 Å². The van der Waals surface area contributed by atoms with Crippen LogP contribution < -0.4 is 10.1 Å². The number of nitrogens with one attached hydrogen (secondary N) is 1. The lowest BCUT2D eigenvalue weighted by Gasteiger charge is -2.37. The van der Waals surface area contributed by atoms with Gasteiger partial charge in [-0.15, -0.1) is 0 Å². The molecule has 2 fully saturated rings. The summed E-state index contributed by atoms with van der Waals surface area (Å²) in [4.78, 5) is 17.7. The Balaban J connectivity index is 1.05. The van der Waals surface area contributed by atoms with Gasteiger partial charge < -0.3 is 15.0 Å². The molecule has 0 aromatic heterocycles. The third-order valence-electron chi connectivity index (χ3n) is 8.88. The molecule has 1 atom stereocenters. The van der Waals surface area contributed by atoms with Crippen LogP contribution >= 0.6 is 11.6 Å². The van der Waals surface area contributed by atoms with E-state index in [0.717, 1.165) is 38.9 Å². The van der Waals surface area contributed by atoms with Gasteiger partial charge in [-0.2, -0.15) is 0 Å². The van der Waals surface area contributed by atoms with Crippen molar-refractivity contribution in [2.24, 2.45) is 0 Å². The first-order valence-corrected chi connectivity index (χ1v) is 15.6. The van der Waals surface area contributed by atoms with E-state index in [-0.39, 0.29) is 12.0 Å². The summed E-state index contributed by atoms with van der Waals surface area (Å²) in [6.45, 7) is 8.34. The van der Waals surface area contributed by atoms with Gasteiger partial charge in [0.1, 0.15) is 11.9 Å². The first-order valence-electron chi connectivity index (χ1n) is 15.2. The number of piperidine rings is 1. The number of amides is 1. The van der Waals surface area contributed by atoms with Gasteiger partial charge in [0.05, 0.1) is 5.02 Å². The number of fused-ring (bicyclic) bond motifs is 2. The molecule has 6 rings (SSSR count). The summed E-state index contributed by atoms with van der Waals surface area (Å²) < 4.78 is 6.35. The molecule has 4 aromatic carbocycles. The van der Waals surface area contributed by atoms with Crippen molar-refractivity contribution in [3.63, 3.8) is 0 Å². The van der Waals surface area contributed by atoms with Gasteiger partial charge in [-0.1, -0.05) is 60.1 Å². The van der Waals surface area contributed by atoms with Crippen molar-refractivity contribution in [3.05, 3.63) is 88.9 Å². The molecule has 1 amide bonds.